The van der Waals surface area contributed by atoms with E-state index < -0.39 is 0 Å². The molecule has 0 N–H and O–H groups in total. The number of pyridine rings is 12. The van der Waals surface area contributed by atoms with Crippen LogP contribution in [0.3, 0.4) is 0 Å². The van der Waals surface area contributed by atoms with Crippen molar-refractivity contribution in [1.82, 2.24) is 59.8 Å². The van der Waals surface area contributed by atoms with Crippen LogP contribution in [-0.2, 0) is 0 Å². The number of fused-ring (bicyclic) bond motifs is 4. The predicted octanol–water partition coefficient (Wildman–Crippen LogP) is 20.8. The molecule has 0 fully saturated rings. The average molecular weight is 1310 g/mol. The van der Waals surface area contributed by atoms with Crippen molar-refractivity contribution in [1.29, 1.82) is 0 Å². The van der Waals surface area contributed by atoms with Gasteiger partial charge >= 0.3 is 0 Å². The lowest BCUT2D eigenvalue weighted by atomic mass is 9.88. The second-order valence-corrected chi connectivity index (χ2v) is 26.7. The molecule has 0 saturated heterocycles. The lowest BCUT2D eigenvalue weighted by Crippen LogP contribution is -2.21. The Balaban J connectivity index is 1.18. The third kappa shape index (κ3) is 9.62. The summed E-state index contributed by atoms with van der Waals surface area (Å²) in [7, 11) is 0. The van der Waals surface area contributed by atoms with Crippen molar-refractivity contribution in [3.63, 3.8) is 0 Å². The van der Waals surface area contributed by atoms with E-state index in [-0.39, 0.29) is 0 Å². The molecule has 100 heavy (non-hydrogen) atoms. The summed E-state index contributed by atoms with van der Waals surface area (Å²) in [5.41, 5.74) is 32.0. The quantitative estimate of drug-likeness (QED) is 0.106. The van der Waals surface area contributed by atoms with Crippen LogP contribution < -0.4 is 19.6 Å². The summed E-state index contributed by atoms with van der Waals surface area (Å²) in [4.78, 5) is 72.3. The number of hydrogen-bond donors (Lipinski definition) is 0. The van der Waals surface area contributed by atoms with Gasteiger partial charge in [-0.25, -0.2) is 19.9 Å². The van der Waals surface area contributed by atoms with Crippen LogP contribution in [-0.4, -0.2) is 59.8 Å². The summed E-state index contributed by atoms with van der Waals surface area (Å²) in [5, 5.41) is 5.90. The van der Waals surface area contributed by atoms with Gasteiger partial charge in [-0.15, -0.1) is 0 Å². The van der Waals surface area contributed by atoms with Crippen molar-refractivity contribution < 1.29 is 0 Å². The van der Waals surface area contributed by atoms with Crippen LogP contribution in [0.15, 0.2) is 159 Å². The first-order valence-corrected chi connectivity index (χ1v) is 33.9. The smallest absolute Gasteiger partial charge is 0.0936 e. The zero-order valence-corrected chi connectivity index (χ0v) is 59.2. The minimum atomic E-state index is 0.804. The molecule has 16 nitrogen and oxygen atoms in total. The van der Waals surface area contributed by atoms with Crippen molar-refractivity contribution in [3.8, 4) is 0 Å². The minimum absolute atomic E-state index is 0.804. The van der Waals surface area contributed by atoms with Gasteiger partial charge in [-0.2, -0.15) is 0 Å². The Morgan fingerprint density at radius 3 is 0.650 bits per heavy atom. The Kier molecular flexibility index (Phi) is 15.0. The van der Waals surface area contributed by atoms with Crippen LogP contribution in [0.1, 0.15) is 90.1 Å². The first-order valence-electron chi connectivity index (χ1n) is 33.9. The second-order valence-electron chi connectivity index (χ2n) is 26.7. The Hall–Kier alpha value is -12.0. The summed E-state index contributed by atoms with van der Waals surface area (Å²) >= 11 is 0. The summed E-state index contributed by atoms with van der Waals surface area (Å²) in [5.74, 6) is 0. The molecule has 12 heterocycles. The van der Waals surface area contributed by atoms with Gasteiger partial charge in [0.15, 0.2) is 0 Å². The third-order valence-corrected chi connectivity index (χ3v) is 20.3. The van der Waals surface area contributed by atoms with E-state index in [0.29, 0.717) is 0 Å². The first kappa shape index (κ1) is 62.7. The molecule has 0 bridgehead atoms. The molecule has 0 spiro atoms. The largest absolute Gasteiger partial charge is 0.306 e. The molecule has 0 aliphatic heterocycles. The zero-order chi connectivity index (χ0) is 69.4. The van der Waals surface area contributed by atoms with Crippen LogP contribution in [0.2, 0.25) is 0 Å². The number of anilines is 12. The van der Waals surface area contributed by atoms with Gasteiger partial charge in [-0.05, 0) is 218 Å². The van der Waals surface area contributed by atoms with Gasteiger partial charge in [-0.1, -0.05) is 24.3 Å². The lowest BCUT2D eigenvalue weighted by molar-refractivity contribution is 1.09. The van der Waals surface area contributed by atoms with Gasteiger partial charge in [0.05, 0.1) is 158 Å². The number of rotatable bonds is 12. The highest BCUT2D eigenvalue weighted by atomic mass is 15.2. The SMILES string of the molecule is Cc1ccnc(C)c1N(c1c(C)nc2cccnc2c1C)c1cc(N(c2c(C)ccnc2C)c2c(C)nc3cccnc3c2C)c2ccc3c(N(c4c(C)ccnc4C)c4c(C)nc5cccnc5c4C)cc(N(c4c(C)ccnc4C)c4c(C)nc5cccnc5c4C)c4ccc1c2c43. The van der Waals surface area contributed by atoms with Crippen molar-refractivity contribution >= 4 is 145 Å². The molecule has 0 unspecified atom stereocenters. The molecule has 0 aliphatic carbocycles. The second kappa shape index (κ2) is 23.9. The van der Waals surface area contributed by atoms with E-state index in [1.54, 1.807) is 0 Å². The number of hydrogen-bond acceptors (Lipinski definition) is 16. The van der Waals surface area contributed by atoms with Gasteiger partial charge in [0.25, 0.3) is 0 Å². The standard InChI is InChI=1S/C84H74N16/c1-43-29-37-85-51(9)77(43)97(81-47(5)73-63(93-55(81)13)21-17-33-89-73)67-41-68(98(78-44(2)30-38-86-52(78)10)82-48(6)74-64(94-56(82)14)22-18-34-90-74)60-27-28-62-70(100(80-46(4)32-40-88-54(80)12)84-50(8)76-66(96-58(84)16)24-20-36-92-76)42-69(61-26-25-59(67)71(60)72(61)62)99(79-45(3)31-39-87-53(79)11)83-49(7)75-65(95-57(83)15)23-19-35-91-75/h17-42H,1-16H3. The average Bonchev–Trinajstić information content (AvgIpc) is 0.693. The van der Waals surface area contributed by atoms with Gasteiger partial charge < -0.3 is 19.6 Å². The highest BCUT2D eigenvalue weighted by Crippen LogP contribution is 2.58. The van der Waals surface area contributed by atoms with Gasteiger partial charge in [0.2, 0.25) is 0 Å². The van der Waals surface area contributed by atoms with E-state index in [2.05, 4.69) is 191 Å². The number of benzene rings is 4. The summed E-state index contributed by atoms with van der Waals surface area (Å²) in [6.07, 6.45) is 15.0. The molecule has 16 rings (SSSR count). The van der Waals surface area contributed by atoms with E-state index in [1.807, 2.05) is 98.1 Å². The molecule has 16 heteroatoms. The highest BCUT2D eigenvalue weighted by Gasteiger charge is 2.36. The summed E-state index contributed by atoms with van der Waals surface area (Å²) in [6.45, 7) is 34.3. The van der Waals surface area contributed by atoms with Crippen LogP contribution >= 0.6 is 0 Å². The summed E-state index contributed by atoms with van der Waals surface area (Å²) < 4.78 is 0. The molecule has 0 saturated carbocycles. The first-order chi connectivity index (χ1) is 48.3. The fourth-order valence-corrected chi connectivity index (χ4v) is 16.1. The normalized spacial score (nSPS) is 11.8. The molecule has 0 radical (unpaired) electrons. The molecular weight excluding hydrogens is 1230 g/mol. The van der Waals surface area contributed by atoms with Gasteiger partial charge in [-0.3, -0.25) is 39.9 Å². The number of aromatic nitrogens is 12. The Morgan fingerprint density at radius 1 is 0.220 bits per heavy atom. The molecule has 0 aliphatic rings. The maximum absolute atomic E-state index is 5.43. The third-order valence-electron chi connectivity index (χ3n) is 20.3. The van der Waals surface area contributed by atoms with Gasteiger partial charge in [0, 0.05) is 104 Å². The van der Waals surface area contributed by atoms with E-state index in [9.17, 15) is 0 Å². The van der Waals surface area contributed by atoms with Crippen molar-refractivity contribution in [3.05, 3.63) is 249 Å². The Labute approximate surface area is 580 Å². The van der Waals surface area contributed by atoms with Crippen molar-refractivity contribution in [2.24, 2.45) is 0 Å². The topological polar surface area (TPSA) is 168 Å². The fraction of sp³-hybridized carbons (Fsp3) is 0.190. The Bertz CT molecular complexity index is 5310. The van der Waals surface area contributed by atoms with Crippen LogP contribution in [0, 0.1) is 111 Å². The number of aryl methyl sites for hydroxylation is 16. The number of nitrogens with zero attached hydrogens (tertiary/aromatic N) is 16. The van der Waals surface area contributed by atoms with Crippen LogP contribution in [0.25, 0.3) is 76.5 Å². The molecule has 4 aromatic carbocycles. The summed E-state index contributed by atoms with van der Waals surface area (Å²) in [6, 6.07) is 38.5. The van der Waals surface area contributed by atoms with Gasteiger partial charge in [0.1, 0.15) is 0 Å². The lowest BCUT2D eigenvalue weighted by Gasteiger charge is -2.37. The molecule has 0 amide bonds. The predicted molar refractivity (Wildman–Crippen MR) is 408 cm³/mol. The van der Waals surface area contributed by atoms with E-state index in [0.717, 1.165) is 235 Å². The molecular formula is C84H74N16. The van der Waals surface area contributed by atoms with E-state index in [4.69, 9.17) is 59.8 Å². The van der Waals surface area contributed by atoms with E-state index >= 15 is 0 Å². The maximum Gasteiger partial charge on any atom is 0.0936 e. The molecule has 490 valence electrons. The Morgan fingerprint density at radius 2 is 0.440 bits per heavy atom. The minimum Gasteiger partial charge on any atom is -0.306 e. The highest BCUT2D eigenvalue weighted by molar-refractivity contribution is 6.33. The van der Waals surface area contributed by atoms with Crippen molar-refractivity contribution in [2.75, 3.05) is 19.6 Å². The van der Waals surface area contributed by atoms with Crippen LogP contribution in [0.4, 0.5) is 68.2 Å². The van der Waals surface area contributed by atoms with Crippen molar-refractivity contribution in [2.45, 2.75) is 111 Å². The molecule has 0 atom stereocenters. The van der Waals surface area contributed by atoms with Crippen LogP contribution in [0.5, 0.6) is 0 Å². The molecule has 12 aromatic heterocycles. The zero-order valence-electron chi connectivity index (χ0n) is 59.2. The monoisotopic (exact) mass is 1310 g/mol. The maximum atomic E-state index is 5.43. The van der Waals surface area contributed by atoms with E-state index in [1.165, 1.54) is 0 Å². The molecule has 16 aromatic rings. The fourth-order valence-electron chi connectivity index (χ4n) is 16.1.